The average molecular weight is 377 g/mol. The summed E-state index contributed by atoms with van der Waals surface area (Å²) in [6.45, 7) is 1.47. The van der Waals surface area contributed by atoms with Crippen LogP contribution in [0.5, 0.6) is 0 Å². The number of aromatic nitrogens is 3. The summed E-state index contributed by atoms with van der Waals surface area (Å²) < 4.78 is 3.02. The van der Waals surface area contributed by atoms with Crippen LogP contribution in [0.2, 0.25) is 0 Å². The molecule has 2 N–H and O–H groups in total. The van der Waals surface area contributed by atoms with Gasteiger partial charge in [0.1, 0.15) is 6.33 Å². The Morgan fingerprint density at radius 2 is 2.22 bits per heavy atom. The molecule has 0 atom stereocenters. The Morgan fingerprint density at radius 3 is 2.83 bits per heavy atom. The lowest BCUT2D eigenvalue weighted by Gasteiger charge is -2.19. The highest BCUT2D eigenvalue weighted by Gasteiger charge is 2.44. The first-order chi connectivity index (χ1) is 11.1. The number of aryl methyl sites for hydroxylation is 1. The van der Waals surface area contributed by atoms with Crippen molar-refractivity contribution in [3.8, 4) is 0 Å². The smallest absolute Gasteiger partial charge is 0.191 e. The standard InChI is InChI=1S/C16H21BrN6/c1-18-15(19-9-14-22-21-11-23(14)2)20-10-16(6-7-16)12-4-3-5-13(17)8-12/h3-5,8,11H,6-7,9-10H2,1-2H3,(H2,18,19,20). The maximum absolute atomic E-state index is 4.29. The van der Waals surface area contributed by atoms with Crippen LogP contribution in [0, 0.1) is 0 Å². The highest BCUT2D eigenvalue weighted by atomic mass is 79.9. The molecule has 0 aliphatic heterocycles. The molecule has 0 amide bonds. The van der Waals surface area contributed by atoms with Crippen LogP contribution in [0.25, 0.3) is 0 Å². The van der Waals surface area contributed by atoms with E-state index >= 15 is 0 Å². The van der Waals surface area contributed by atoms with E-state index in [-0.39, 0.29) is 5.41 Å². The van der Waals surface area contributed by atoms with E-state index < -0.39 is 0 Å². The summed E-state index contributed by atoms with van der Waals surface area (Å²) in [5.74, 6) is 1.66. The van der Waals surface area contributed by atoms with Crippen LogP contribution in [0.4, 0.5) is 0 Å². The van der Waals surface area contributed by atoms with E-state index in [9.17, 15) is 0 Å². The molecule has 122 valence electrons. The van der Waals surface area contributed by atoms with Gasteiger partial charge in [-0.3, -0.25) is 4.99 Å². The van der Waals surface area contributed by atoms with Crippen molar-refractivity contribution in [1.29, 1.82) is 0 Å². The Morgan fingerprint density at radius 1 is 1.39 bits per heavy atom. The molecular formula is C16H21BrN6. The normalized spacial score (nSPS) is 16.2. The molecule has 0 saturated heterocycles. The van der Waals surface area contributed by atoms with Gasteiger partial charge in [0.25, 0.3) is 0 Å². The number of rotatable bonds is 5. The second-order valence-electron chi connectivity index (χ2n) is 5.93. The van der Waals surface area contributed by atoms with Crippen LogP contribution in [0.1, 0.15) is 24.2 Å². The number of aliphatic imine (C=N–C) groups is 1. The van der Waals surface area contributed by atoms with Crippen molar-refractivity contribution in [2.45, 2.75) is 24.8 Å². The molecule has 1 fully saturated rings. The molecule has 1 aromatic heterocycles. The lowest BCUT2D eigenvalue weighted by atomic mass is 9.96. The Hall–Kier alpha value is -1.89. The average Bonchev–Trinajstić information content (AvgIpc) is 3.24. The number of nitrogens with one attached hydrogen (secondary N) is 2. The van der Waals surface area contributed by atoms with Crippen molar-refractivity contribution >= 4 is 21.9 Å². The molecular weight excluding hydrogens is 356 g/mol. The summed E-state index contributed by atoms with van der Waals surface area (Å²) >= 11 is 3.56. The van der Waals surface area contributed by atoms with Gasteiger partial charge >= 0.3 is 0 Å². The lowest BCUT2D eigenvalue weighted by Crippen LogP contribution is -2.41. The van der Waals surface area contributed by atoms with Gasteiger partial charge in [0.05, 0.1) is 6.54 Å². The summed E-state index contributed by atoms with van der Waals surface area (Å²) in [6, 6.07) is 8.58. The molecule has 2 aromatic rings. The molecule has 7 heteroatoms. The van der Waals surface area contributed by atoms with Gasteiger partial charge in [0, 0.05) is 30.5 Å². The minimum atomic E-state index is 0.228. The fourth-order valence-corrected chi connectivity index (χ4v) is 3.04. The molecule has 0 unspecified atom stereocenters. The summed E-state index contributed by atoms with van der Waals surface area (Å²) in [5.41, 5.74) is 1.61. The topological polar surface area (TPSA) is 67.1 Å². The van der Waals surface area contributed by atoms with Gasteiger partial charge in [0.2, 0.25) is 0 Å². The first kappa shape index (κ1) is 16.0. The fourth-order valence-electron chi connectivity index (χ4n) is 2.64. The molecule has 3 rings (SSSR count). The van der Waals surface area contributed by atoms with Gasteiger partial charge in [-0.05, 0) is 30.5 Å². The van der Waals surface area contributed by atoms with E-state index in [4.69, 9.17) is 0 Å². The minimum Gasteiger partial charge on any atom is -0.356 e. The maximum atomic E-state index is 4.29. The van der Waals surface area contributed by atoms with Crippen LogP contribution in [0.3, 0.4) is 0 Å². The molecule has 23 heavy (non-hydrogen) atoms. The minimum absolute atomic E-state index is 0.228. The van der Waals surface area contributed by atoms with Crippen LogP contribution in [-0.2, 0) is 19.0 Å². The van der Waals surface area contributed by atoms with Gasteiger partial charge in [-0.1, -0.05) is 28.1 Å². The molecule has 1 heterocycles. The number of guanidine groups is 1. The van der Waals surface area contributed by atoms with E-state index in [0.29, 0.717) is 6.54 Å². The highest BCUT2D eigenvalue weighted by Crippen LogP contribution is 2.48. The number of halogens is 1. The van der Waals surface area contributed by atoms with Crippen molar-refractivity contribution < 1.29 is 0 Å². The summed E-state index contributed by atoms with van der Waals surface area (Å²) in [6.07, 6.45) is 4.10. The summed E-state index contributed by atoms with van der Waals surface area (Å²) in [5, 5.41) is 14.7. The van der Waals surface area contributed by atoms with E-state index in [1.807, 2.05) is 11.6 Å². The zero-order valence-corrected chi connectivity index (χ0v) is 15.0. The quantitative estimate of drug-likeness (QED) is 0.618. The molecule has 6 nitrogen and oxygen atoms in total. The summed E-state index contributed by atoms with van der Waals surface area (Å²) in [7, 11) is 3.71. The lowest BCUT2D eigenvalue weighted by molar-refractivity contribution is 0.640. The SMILES string of the molecule is CN=C(NCc1nncn1C)NCC1(c2cccc(Br)c2)CC1. The maximum Gasteiger partial charge on any atom is 0.191 e. The van der Waals surface area contributed by atoms with Crippen molar-refractivity contribution in [2.75, 3.05) is 13.6 Å². The van der Waals surface area contributed by atoms with E-state index in [0.717, 1.165) is 22.8 Å². The first-order valence-corrected chi connectivity index (χ1v) is 8.46. The zero-order chi connectivity index (χ0) is 16.3. The van der Waals surface area contributed by atoms with Crippen molar-refractivity contribution in [1.82, 2.24) is 25.4 Å². The van der Waals surface area contributed by atoms with E-state index in [1.165, 1.54) is 18.4 Å². The summed E-state index contributed by atoms with van der Waals surface area (Å²) in [4.78, 5) is 4.29. The number of hydrogen-bond donors (Lipinski definition) is 2. The molecule has 0 spiro atoms. The highest BCUT2D eigenvalue weighted by molar-refractivity contribution is 9.10. The fraction of sp³-hybridized carbons (Fsp3) is 0.438. The van der Waals surface area contributed by atoms with Crippen LogP contribution in [0.15, 0.2) is 40.1 Å². The third kappa shape index (κ3) is 3.72. The van der Waals surface area contributed by atoms with Crippen molar-refractivity contribution in [2.24, 2.45) is 12.0 Å². The van der Waals surface area contributed by atoms with E-state index in [2.05, 4.69) is 66.0 Å². The number of benzene rings is 1. The first-order valence-electron chi connectivity index (χ1n) is 7.66. The molecule has 1 aliphatic rings. The second kappa shape index (κ2) is 6.70. The number of hydrogen-bond acceptors (Lipinski definition) is 3. The third-order valence-electron chi connectivity index (χ3n) is 4.33. The molecule has 0 bridgehead atoms. The van der Waals surface area contributed by atoms with Gasteiger partial charge in [-0.15, -0.1) is 10.2 Å². The Balaban J connectivity index is 1.57. The van der Waals surface area contributed by atoms with Gasteiger partial charge in [-0.2, -0.15) is 0 Å². The largest absolute Gasteiger partial charge is 0.356 e. The van der Waals surface area contributed by atoms with Crippen LogP contribution in [-0.4, -0.2) is 34.3 Å². The molecule has 0 radical (unpaired) electrons. The van der Waals surface area contributed by atoms with Gasteiger partial charge in [0.15, 0.2) is 11.8 Å². The Kier molecular flexibility index (Phi) is 4.66. The second-order valence-corrected chi connectivity index (χ2v) is 6.84. The van der Waals surface area contributed by atoms with Crippen LogP contribution >= 0.6 is 15.9 Å². The Bertz CT molecular complexity index is 704. The van der Waals surface area contributed by atoms with Crippen LogP contribution < -0.4 is 10.6 Å². The molecule has 1 aromatic carbocycles. The molecule has 1 saturated carbocycles. The predicted octanol–water partition coefficient (Wildman–Crippen LogP) is 1.97. The third-order valence-corrected chi connectivity index (χ3v) is 4.82. The van der Waals surface area contributed by atoms with E-state index in [1.54, 1.807) is 13.4 Å². The monoisotopic (exact) mass is 376 g/mol. The number of nitrogens with zero attached hydrogens (tertiary/aromatic N) is 4. The Labute approximate surface area is 144 Å². The van der Waals surface area contributed by atoms with Gasteiger partial charge < -0.3 is 15.2 Å². The predicted molar refractivity (Wildman–Crippen MR) is 94.3 cm³/mol. The van der Waals surface area contributed by atoms with Gasteiger partial charge in [-0.25, -0.2) is 0 Å². The van der Waals surface area contributed by atoms with Crippen molar-refractivity contribution in [3.05, 3.63) is 46.5 Å². The zero-order valence-electron chi connectivity index (χ0n) is 13.4. The van der Waals surface area contributed by atoms with Crippen molar-refractivity contribution in [3.63, 3.8) is 0 Å². The molecule has 1 aliphatic carbocycles.